The fraction of sp³-hybridized carbons (Fsp3) is 0.179. The molecule has 14 heteroatoms. The van der Waals surface area contributed by atoms with Crippen LogP contribution in [0.3, 0.4) is 0 Å². The van der Waals surface area contributed by atoms with Crippen molar-refractivity contribution in [3.05, 3.63) is 77.0 Å². The lowest BCUT2D eigenvalue weighted by atomic mass is 10.0. The number of anilines is 1. The number of carbonyl (C=O) groups is 2. The lowest BCUT2D eigenvalue weighted by molar-refractivity contribution is -0.384. The van der Waals surface area contributed by atoms with Crippen molar-refractivity contribution < 1.29 is 27.7 Å². The third-order valence-corrected chi connectivity index (χ3v) is 8.51. The molecule has 1 heterocycles. The Morgan fingerprint density at radius 3 is 2.26 bits per heavy atom. The highest BCUT2D eigenvalue weighted by molar-refractivity contribution is 7.89. The quantitative estimate of drug-likeness (QED) is 0.172. The highest BCUT2D eigenvalue weighted by Crippen LogP contribution is 2.40. The van der Waals surface area contributed by atoms with Gasteiger partial charge in [-0.1, -0.05) is 6.07 Å². The molecule has 0 unspecified atom stereocenters. The van der Waals surface area contributed by atoms with Gasteiger partial charge in [0, 0.05) is 53.2 Å². The van der Waals surface area contributed by atoms with Gasteiger partial charge in [-0.05, 0) is 68.8 Å². The second-order valence-electron chi connectivity index (χ2n) is 10.2. The molecule has 0 saturated carbocycles. The zero-order valence-electron chi connectivity index (χ0n) is 23.0. The molecule has 4 aromatic rings. The van der Waals surface area contributed by atoms with E-state index in [1.807, 2.05) is 0 Å². The van der Waals surface area contributed by atoms with Gasteiger partial charge in [-0.2, -0.15) is 0 Å². The number of aromatic nitrogens is 1. The maximum Gasteiger partial charge on any atom is 0.409 e. The van der Waals surface area contributed by atoms with Crippen LogP contribution in [0.2, 0.25) is 0 Å². The van der Waals surface area contributed by atoms with Crippen LogP contribution >= 0.6 is 11.3 Å². The number of hydrogen-bond acceptors (Lipinski definition) is 9. The molecule has 218 valence electrons. The molecule has 2 amide bonds. The lowest BCUT2D eigenvalue weighted by Crippen LogP contribution is -2.40. The second-order valence-corrected chi connectivity index (χ2v) is 12.9. The van der Waals surface area contributed by atoms with Crippen LogP contribution in [0.5, 0.6) is 5.75 Å². The predicted molar refractivity (Wildman–Crippen MR) is 160 cm³/mol. The third-order valence-electron chi connectivity index (χ3n) is 5.63. The molecule has 1 aromatic heterocycles. The average Bonchev–Trinajstić information content (AvgIpc) is 3.37. The van der Waals surface area contributed by atoms with E-state index in [1.165, 1.54) is 54.7 Å². The fourth-order valence-corrected chi connectivity index (χ4v) is 6.75. The Labute approximate surface area is 245 Å². The molecule has 4 N–H and O–H groups in total. The number of rotatable bonds is 8. The smallest absolute Gasteiger partial charge is 0.409 e. The van der Waals surface area contributed by atoms with Gasteiger partial charge in [-0.25, -0.2) is 22.9 Å². The molecule has 0 atom stereocenters. The van der Waals surface area contributed by atoms with Gasteiger partial charge in [0.15, 0.2) is 0 Å². The van der Waals surface area contributed by atoms with E-state index in [2.05, 4.69) is 15.0 Å². The lowest BCUT2D eigenvalue weighted by Gasteiger charge is -2.22. The number of nitrogens with one attached hydrogen (secondary N) is 2. The zero-order valence-corrected chi connectivity index (χ0v) is 24.6. The number of non-ortho nitro benzene ring substituents is 1. The first kappa shape index (κ1) is 30.3. The summed E-state index contributed by atoms with van der Waals surface area (Å²) in [5, 5.41) is 14.2. The van der Waals surface area contributed by atoms with Crippen LogP contribution in [-0.4, -0.2) is 35.9 Å². The SMILES string of the molecule is CC(=O)Nc1ccc(-c2cnc(-c3ccc(OC(N)=O)c(-c4ccc([N+](=O)[O-])cc4)c3)s2)c(S(=O)(=O)NC(C)(C)C)c1. The van der Waals surface area contributed by atoms with Crippen molar-refractivity contribution >= 4 is 44.7 Å². The van der Waals surface area contributed by atoms with Gasteiger partial charge in [-0.3, -0.25) is 14.9 Å². The van der Waals surface area contributed by atoms with Crippen LogP contribution in [0.1, 0.15) is 27.7 Å². The number of thiazole rings is 1. The summed E-state index contributed by atoms with van der Waals surface area (Å²) in [5.41, 5.74) is 6.67. The molecule has 0 aliphatic carbocycles. The van der Waals surface area contributed by atoms with Crippen LogP contribution in [0, 0.1) is 10.1 Å². The summed E-state index contributed by atoms with van der Waals surface area (Å²) < 4.78 is 34.6. The Balaban J connectivity index is 1.80. The van der Waals surface area contributed by atoms with E-state index in [9.17, 15) is 28.1 Å². The van der Waals surface area contributed by atoms with Crippen LogP contribution in [0.4, 0.5) is 16.2 Å². The van der Waals surface area contributed by atoms with Crippen molar-refractivity contribution in [3.63, 3.8) is 0 Å². The summed E-state index contributed by atoms with van der Waals surface area (Å²) in [5.74, 6) is -0.199. The molecule has 42 heavy (non-hydrogen) atoms. The van der Waals surface area contributed by atoms with E-state index in [-0.39, 0.29) is 22.2 Å². The summed E-state index contributed by atoms with van der Waals surface area (Å²) in [6, 6.07) is 15.2. The van der Waals surface area contributed by atoms with Crippen molar-refractivity contribution in [2.24, 2.45) is 5.73 Å². The van der Waals surface area contributed by atoms with Gasteiger partial charge in [0.25, 0.3) is 5.69 Å². The Hall–Kier alpha value is -4.66. The average molecular weight is 610 g/mol. The Bertz CT molecular complexity index is 1790. The van der Waals surface area contributed by atoms with Crippen LogP contribution < -0.4 is 20.5 Å². The Morgan fingerprint density at radius 1 is 1.00 bits per heavy atom. The number of hydrogen-bond donors (Lipinski definition) is 3. The number of amides is 2. The number of nitrogens with zero attached hydrogens (tertiary/aromatic N) is 2. The van der Waals surface area contributed by atoms with Crippen molar-refractivity contribution in [1.82, 2.24) is 9.71 Å². The van der Waals surface area contributed by atoms with Gasteiger partial charge in [0.2, 0.25) is 15.9 Å². The van der Waals surface area contributed by atoms with E-state index < -0.39 is 26.6 Å². The molecule has 12 nitrogen and oxygen atoms in total. The summed E-state index contributed by atoms with van der Waals surface area (Å²) in [6.07, 6.45) is 0.519. The molecule has 0 aliphatic rings. The molecule has 0 fully saturated rings. The number of sulfonamides is 1. The fourth-order valence-electron chi connectivity index (χ4n) is 4.07. The summed E-state index contributed by atoms with van der Waals surface area (Å²) in [6.45, 7) is 6.50. The Kier molecular flexibility index (Phi) is 8.43. The molecule has 0 bridgehead atoms. The second kappa shape index (κ2) is 11.7. The van der Waals surface area contributed by atoms with Crippen LogP contribution in [0.15, 0.2) is 71.8 Å². The van der Waals surface area contributed by atoms with Crippen molar-refractivity contribution in [1.29, 1.82) is 0 Å². The minimum absolute atomic E-state index is 0.0318. The summed E-state index contributed by atoms with van der Waals surface area (Å²) in [7, 11) is -4.01. The van der Waals surface area contributed by atoms with Crippen molar-refractivity contribution in [3.8, 4) is 37.9 Å². The number of carbonyl (C=O) groups excluding carboxylic acids is 2. The number of benzene rings is 3. The standard InChI is InChI=1S/C28H27N5O7S2/c1-16(34)31-19-8-11-21(25(14-19)42(38,39)32-28(2,3)4)24-15-30-26(41-24)18-7-12-23(40-27(29)35)22(13-18)17-5-9-20(10-6-17)33(36)37/h5-15,32H,1-4H3,(H2,29,35)(H,31,34). The first-order valence-electron chi connectivity index (χ1n) is 12.4. The van der Waals surface area contributed by atoms with E-state index >= 15 is 0 Å². The molecule has 3 aromatic carbocycles. The summed E-state index contributed by atoms with van der Waals surface area (Å²) in [4.78, 5) is 38.7. The van der Waals surface area contributed by atoms with E-state index in [0.29, 0.717) is 37.8 Å². The number of nitrogens with two attached hydrogens (primary N) is 1. The van der Waals surface area contributed by atoms with Crippen molar-refractivity contribution in [2.75, 3.05) is 5.32 Å². The van der Waals surface area contributed by atoms with Gasteiger partial charge in [0.05, 0.1) is 14.7 Å². The molecule has 0 saturated heterocycles. The monoisotopic (exact) mass is 609 g/mol. The number of nitro groups is 1. The summed E-state index contributed by atoms with van der Waals surface area (Å²) >= 11 is 1.22. The maximum atomic E-state index is 13.4. The van der Waals surface area contributed by atoms with E-state index in [4.69, 9.17) is 10.5 Å². The van der Waals surface area contributed by atoms with E-state index in [1.54, 1.807) is 51.2 Å². The number of nitro benzene ring substituents is 1. The molecule has 0 radical (unpaired) electrons. The first-order chi connectivity index (χ1) is 19.6. The highest BCUT2D eigenvalue weighted by Gasteiger charge is 2.27. The Morgan fingerprint density at radius 2 is 1.67 bits per heavy atom. The van der Waals surface area contributed by atoms with Crippen LogP contribution in [0.25, 0.3) is 32.1 Å². The van der Waals surface area contributed by atoms with Gasteiger partial charge >= 0.3 is 6.09 Å². The number of primary amides is 1. The normalized spacial score (nSPS) is 11.6. The van der Waals surface area contributed by atoms with Gasteiger partial charge in [0.1, 0.15) is 10.8 Å². The topological polar surface area (TPSA) is 184 Å². The minimum Gasteiger partial charge on any atom is -0.410 e. The van der Waals surface area contributed by atoms with Gasteiger partial charge in [-0.15, -0.1) is 11.3 Å². The molecular weight excluding hydrogens is 582 g/mol. The number of ether oxygens (including phenoxy) is 1. The predicted octanol–water partition coefficient (Wildman–Crippen LogP) is 5.55. The highest BCUT2D eigenvalue weighted by atomic mass is 32.2. The van der Waals surface area contributed by atoms with Crippen LogP contribution in [-0.2, 0) is 14.8 Å². The molecule has 0 spiro atoms. The zero-order chi connectivity index (χ0) is 30.8. The maximum absolute atomic E-state index is 13.4. The van der Waals surface area contributed by atoms with Crippen molar-refractivity contribution in [2.45, 2.75) is 38.1 Å². The molecular formula is C28H27N5O7S2. The third kappa shape index (κ3) is 7.15. The van der Waals surface area contributed by atoms with E-state index in [0.717, 1.165) is 0 Å². The molecule has 0 aliphatic heterocycles. The van der Waals surface area contributed by atoms with Gasteiger partial charge < -0.3 is 15.8 Å². The molecule has 4 rings (SSSR count). The first-order valence-corrected chi connectivity index (χ1v) is 14.7. The minimum atomic E-state index is -4.01. The largest absolute Gasteiger partial charge is 0.410 e.